The molecule has 0 radical (unpaired) electrons. The van der Waals surface area contributed by atoms with Gasteiger partial charge in [-0.15, -0.1) is 0 Å². The Hall–Kier alpha value is -1.07. The van der Waals surface area contributed by atoms with E-state index in [9.17, 15) is 0 Å². The maximum Gasteiger partial charge on any atom is 0.297 e. The second-order valence-corrected chi connectivity index (χ2v) is 4.10. The maximum absolute atomic E-state index is 5.52. The number of anilines is 1. The van der Waals surface area contributed by atoms with E-state index in [1.54, 1.807) is 13.4 Å². The molecule has 1 aromatic heterocycles. The topological polar surface area (TPSA) is 50.5 Å². The zero-order valence-corrected chi connectivity index (χ0v) is 11.2. The molecule has 0 aliphatic heterocycles. The van der Waals surface area contributed by atoms with Crippen LogP contribution in [0.25, 0.3) is 0 Å². The van der Waals surface area contributed by atoms with Crippen LogP contribution in [-0.4, -0.2) is 38.3 Å². The van der Waals surface area contributed by atoms with Gasteiger partial charge in [0.25, 0.3) is 6.01 Å². The molecule has 0 bridgehead atoms. The molecular weight excluding hydrogens is 218 g/mol. The van der Waals surface area contributed by atoms with Crippen molar-refractivity contribution in [3.63, 3.8) is 0 Å². The lowest BCUT2D eigenvalue weighted by molar-refractivity contribution is 0.201. The lowest BCUT2D eigenvalue weighted by Crippen LogP contribution is -2.35. The molecule has 0 fully saturated rings. The van der Waals surface area contributed by atoms with Gasteiger partial charge in [0.05, 0.1) is 12.3 Å². The molecule has 1 atom stereocenters. The van der Waals surface area contributed by atoms with Crippen molar-refractivity contribution >= 4 is 6.01 Å². The quantitative estimate of drug-likeness (QED) is 0.750. The molecule has 0 aliphatic rings. The zero-order chi connectivity index (χ0) is 12.7. The smallest absolute Gasteiger partial charge is 0.297 e. The van der Waals surface area contributed by atoms with Crippen molar-refractivity contribution < 1.29 is 9.15 Å². The molecule has 5 heteroatoms. The van der Waals surface area contributed by atoms with Crippen LogP contribution in [0, 0.1) is 0 Å². The third-order valence-corrected chi connectivity index (χ3v) is 2.80. The summed E-state index contributed by atoms with van der Waals surface area (Å²) in [6, 6.07) is 1.08. The van der Waals surface area contributed by atoms with E-state index in [0.717, 1.165) is 25.2 Å². The number of methoxy groups -OCH3 is 1. The monoisotopic (exact) mass is 241 g/mol. The number of rotatable bonds is 8. The third kappa shape index (κ3) is 4.02. The average molecular weight is 241 g/mol. The van der Waals surface area contributed by atoms with E-state index in [-0.39, 0.29) is 0 Å². The molecule has 1 heterocycles. The van der Waals surface area contributed by atoms with Gasteiger partial charge in [-0.25, -0.2) is 0 Å². The second-order valence-electron chi connectivity index (χ2n) is 4.10. The molecule has 0 saturated heterocycles. The van der Waals surface area contributed by atoms with Crippen molar-refractivity contribution in [2.45, 2.75) is 32.9 Å². The summed E-state index contributed by atoms with van der Waals surface area (Å²) >= 11 is 0. The summed E-state index contributed by atoms with van der Waals surface area (Å²) in [4.78, 5) is 6.60. The van der Waals surface area contributed by atoms with Gasteiger partial charge in [0.2, 0.25) is 0 Å². The highest BCUT2D eigenvalue weighted by Crippen LogP contribution is 2.17. The summed E-state index contributed by atoms with van der Waals surface area (Å²) in [6.45, 7) is 6.51. The van der Waals surface area contributed by atoms with Gasteiger partial charge in [0.1, 0.15) is 6.26 Å². The van der Waals surface area contributed by atoms with E-state index in [1.807, 2.05) is 7.05 Å². The second kappa shape index (κ2) is 7.29. The minimum absolute atomic E-state index is 0.395. The molecule has 98 valence electrons. The molecule has 1 rings (SSSR count). The minimum atomic E-state index is 0.395. The zero-order valence-electron chi connectivity index (χ0n) is 11.2. The van der Waals surface area contributed by atoms with Crippen molar-refractivity contribution in [1.29, 1.82) is 0 Å². The normalized spacial score (nSPS) is 12.7. The van der Waals surface area contributed by atoms with Crippen molar-refractivity contribution in [3.05, 3.63) is 12.0 Å². The van der Waals surface area contributed by atoms with Crippen LogP contribution in [0.2, 0.25) is 0 Å². The average Bonchev–Trinajstić information content (AvgIpc) is 2.78. The fraction of sp³-hybridized carbons (Fsp3) is 0.750. The van der Waals surface area contributed by atoms with Gasteiger partial charge < -0.3 is 19.4 Å². The lowest BCUT2D eigenvalue weighted by atomic mass is 10.2. The number of oxazole rings is 1. The van der Waals surface area contributed by atoms with E-state index < -0.39 is 0 Å². The van der Waals surface area contributed by atoms with Crippen LogP contribution >= 0.6 is 0 Å². The molecule has 0 saturated carbocycles. The molecule has 1 unspecified atom stereocenters. The van der Waals surface area contributed by atoms with Crippen LogP contribution in [0.3, 0.4) is 0 Å². The number of hydrogen-bond donors (Lipinski definition) is 1. The van der Waals surface area contributed by atoms with Gasteiger partial charge >= 0.3 is 0 Å². The first-order valence-electron chi connectivity index (χ1n) is 6.07. The number of nitrogens with zero attached hydrogens (tertiary/aromatic N) is 2. The molecule has 0 aromatic carbocycles. The van der Waals surface area contributed by atoms with E-state index in [0.29, 0.717) is 18.7 Å². The van der Waals surface area contributed by atoms with Crippen molar-refractivity contribution in [1.82, 2.24) is 10.3 Å². The maximum atomic E-state index is 5.52. The number of aromatic nitrogens is 1. The van der Waals surface area contributed by atoms with Gasteiger partial charge in [-0.05, 0) is 20.4 Å². The van der Waals surface area contributed by atoms with E-state index in [2.05, 4.69) is 29.0 Å². The highest BCUT2D eigenvalue weighted by Gasteiger charge is 2.17. The van der Waals surface area contributed by atoms with Crippen LogP contribution in [0.15, 0.2) is 10.7 Å². The SMILES string of the molecule is CCC(C)N(CCOC)c1nc(CNC)co1. The molecule has 17 heavy (non-hydrogen) atoms. The van der Waals surface area contributed by atoms with Crippen LogP contribution in [0.1, 0.15) is 26.0 Å². The number of nitrogens with one attached hydrogen (secondary N) is 1. The largest absolute Gasteiger partial charge is 0.432 e. The summed E-state index contributed by atoms with van der Waals surface area (Å²) in [6.07, 6.45) is 2.75. The Morgan fingerprint density at radius 3 is 2.94 bits per heavy atom. The summed E-state index contributed by atoms with van der Waals surface area (Å²) in [5.41, 5.74) is 0.924. The molecule has 5 nitrogen and oxygen atoms in total. The third-order valence-electron chi connectivity index (χ3n) is 2.80. The number of ether oxygens (including phenoxy) is 1. The fourth-order valence-corrected chi connectivity index (χ4v) is 1.61. The number of hydrogen-bond acceptors (Lipinski definition) is 5. The first-order valence-corrected chi connectivity index (χ1v) is 6.07. The summed E-state index contributed by atoms with van der Waals surface area (Å²) in [5.74, 6) is 0. The molecule has 1 aromatic rings. The van der Waals surface area contributed by atoms with Crippen LogP contribution in [-0.2, 0) is 11.3 Å². The van der Waals surface area contributed by atoms with Crippen LogP contribution in [0.4, 0.5) is 6.01 Å². The van der Waals surface area contributed by atoms with E-state index in [4.69, 9.17) is 9.15 Å². The summed E-state index contributed by atoms with van der Waals surface area (Å²) in [5, 5.41) is 3.06. The predicted octanol–water partition coefficient (Wildman–Crippen LogP) is 1.65. The van der Waals surface area contributed by atoms with Crippen molar-refractivity contribution in [2.75, 3.05) is 32.2 Å². The standard InChI is InChI=1S/C12H23N3O2/c1-5-10(2)15(6-7-16-4)12-14-11(8-13-3)9-17-12/h9-10,13H,5-8H2,1-4H3. The Labute approximate surface area is 103 Å². The molecule has 0 amide bonds. The first kappa shape index (κ1) is 14.0. The Morgan fingerprint density at radius 1 is 1.59 bits per heavy atom. The first-order chi connectivity index (χ1) is 8.22. The van der Waals surface area contributed by atoms with Gasteiger partial charge in [0, 0.05) is 26.2 Å². The summed E-state index contributed by atoms with van der Waals surface area (Å²) in [7, 11) is 3.60. The molecule has 1 N–H and O–H groups in total. The Balaban J connectivity index is 2.72. The van der Waals surface area contributed by atoms with E-state index in [1.165, 1.54) is 0 Å². The minimum Gasteiger partial charge on any atom is -0.432 e. The van der Waals surface area contributed by atoms with Gasteiger partial charge in [-0.2, -0.15) is 4.98 Å². The Bertz CT molecular complexity index is 314. The predicted molar refractivity (Wildman–Crippen MR) is 68.2 cm³/mol. The Morgan fingerprint density at radius 2 is 2.35 bits per heavy atom. The van der Waals surface area contributed by atoms with Gasteiger partial charge in [-0.3, -0.25) is 0 Å². The highest BCUT2D eigenvalue weighted by atomic mass is 16.5. The van der Waals surface area contributed by atoms with Crippen LogP contribution < -0.4 is 10.2 Å². The summed E-state index contributed by atoms with van der Waals surface area (Å²) < 4.78 is 10.6. The molecule has 0 spiro atoms. The van der Waals surface area contributed by atoms with Gasteiger partial charge in [-0.1, -0.05) is 6.92 Å². The fourth-order valence-electron chi connectivity index (χ4n) is 1.61. The molecule has 0 aliphatic carbocycles. The molecular formula is C12H23N3O2. The lowest BCUT2D eigenvalue weighted by Gasteiger charge is -2.26. The van der Waals surface area contributed by atoms with Crippen molar-refractivity contribution in [2.24, 2.45) is 0 Å². The Kier molecular flexibility index (Phi) is 6.00. The van der Waals surface area contributed by atoms with Crippen LogP contribution in [0.5, 0.6) is 0 Å². The highest BCUT2D eigenvalue weighted by molar-refractivity contribution is 5.28. The van der Waals surface area contributed by atoms with Gasteiger partial charge in [0.15, 0.2) is 0 Å². The van der Waals surface area contributed by atoms with E-state index >= 15 is 0 Å². The van der Waals surface area contributed by atoms with Crippen molar-refractivity contribution in [3.8, 4) is 0 Å².